The molecule has 0 aromatic rings. The van der Waals surface area contributed by atoms with Crippen molar-refractivity contribution in [2.75, 3.05) is 13.1 Å². The summed E-state index contributed by atoms with van der Waals surface area (Å²) in [6.07, 6.45) is 0. The van der Waals surface area contributed by atoms with Crippen molar-refractivity contribution in [2.45, 2.75) is 27.7 Å². The van der Waals surface area contributed by atoms with E-state index in [0.717, 1.165) is 24.9 Å². The first-order chi connectivity index (χ1) is 4.13. The third kappa shape index (κ3) is 7.96. The van der Waals surface area contributed by atoms with Crippen LogP contribution in [0.3, 0.4) is 0 Å². The van der Waals surface area contributed by atoms with E-state index >= 15 is 0 Å². The Labute approximate surface area is 58.8 Å². The number of nitrogens with zero attached hydrogens (tertiary/aromatic N) is 1. The van der Waals surface area contributed by atoms with E-state index in [9.17, 15) is 0 Å². The fourth-order valence-corrected chi connectivity index (χ4v) is 0.591. The van der Waals surface area contributed by atoms with Crippen LogP contribution in [0, 0.1) is 11.8 Å². The minimum Gasteiger partial charge on any atom is -0.241 e. The third-order valence-electron chi connectivity index (χ3n) is 0.988. The second kappa shape index (κ2) is 4.80. The van der Waals surface area contributed by atoms with Crippen LogP contribution in [-0.2, 0) is 0 Å². The van der Waals surface area contributed by atoms with Crippen molar-refractivity contribution >= 4 is 0 Å². The fourth-order valence-electron chi connectivity index (χ4n) is 0.591. The van der Waals surface area contributed by atoms with Gasteiger partial charge in [-0.05, 0) is 11.8 Å². The zero-order chi connectivity index (χ0) is 7.28. The first-order valence-electron chi connectivity index (χ1n) is 3.76. The summed E-state index contributed by atoms with van der Waals surface area (Å²) in [6.45, 7) is 10.8. The van der Waals surface area contributed by atoms with Gasteiger partial charge in [-0.3, -0.25) is 0 Å². The highest BCUT2D eigenvalue weighted by atomic mass is 14.9. The molecule has 0 fully saturated rings. The molecule has 9 heavy (non-hydrogen) atoms. The molecule has 1 nitrogen and oxygen atoms in total. The van der Waals surface area contributed by atoms with Gasteiger partial charge in [0, 0.05) is 13.1 Å². The Bertz CT molecular complexity index is 49.6. The van der Waals surface area contributed by atoms with Crippen molar-refractivity contribution in [3.8, 4) is 0 Å². The van der Waals surface area contributed by atoms with Crippen molar-refractivity contribution in [1.82, 2.24) is 5.32 Å². The van der Waals surface area contributed by atoms with Crippen LogP contribution in [0.4, 0.5) is 0 Å². The molecule has 0 aromatic heterocycles. The molecule has 0 bridgehead atoms. The van der Waals surface area contributed by atoms with Gasteiger partial charge in [-0.2, -0.15) is 0 Å². The maximum atomic E-state index is 4.37. The lowest BCUT2D eigenvalue weighted by molar-refractivity contribution is 0.489. The first-order valence-corrected chi connectivity index (χ1v) is 3.76. The van der Waals surface area contributed by atoms with Gasteiger partial charge in [0.2, 0.25) is 0 Å². The zero-order valence-electron chi connectivity index (χ0n) is 7.02. The molecule has 0 N–H and O–H groups in total. The monoisotopic (exact) mass is 128 g/mol. The van der Waals surface area contributed by atoms with Crippen LogP contribution in [0.25, 0.3) is 0 Å². The second-order valence-electron chi connectivity index (χ2n) is 3.38. The van der Waals surface area contributed by atoms with E-state index in [4.69, 9.17) is 0 Å². The van der Waals surface area contributed by atoms with E-state index < -0.39 is 0 Å². The highest BCUT2D eigenvalue weighted by Crippen LogP contribution is 1.92. The van der Waals surface area contributed by atoms with Crippen molar-refractivity contribution in [2.24, 2.45) is 11.8 Å². The van der Waals surface area contributed by atoms with Crippen molar-refractivity contribution < 1.29 is 0 Å². The molecule has 0 heterocycles. The van der Waals surface area contributed by atoms with Crippen molar-refractivity contribution in [3.63, 3.8) is 0 Å². The molecule has 0 atom stereocenters. The molecular formula is C8H18N. The lowest BCUT2D eigenvalue weighted by Crippen LogP contribution is -2.16. The topological polar surface area (TPSA) is 14.1 Å². The first kappa shape index (κ1) is 8.96. The van der Waals surface area contributed by atoms with Gasteiger partial charge in [0.1, 0.15) is 0 Å². The summed E-state index contributed by atoms with van der Waals surface area (Å²) < 4.78 is 0. The standard InChI is InChI=1S/C8H18N/c1-7(2)5-9-6-8(3)4/h7-8H,5-6H2,1-4H3. The summed E-state index contributed by atoms with van der Waals surface area (Å²) in [7, 11) is 0. The second-order valence-corrected chi connectivity index (χ2v) is 3.38. The van der Waals surface area contributed by atoms with Gasteiger partial charge in [-0.25, -0.2) is 5.32 Å². The largest absolute Gasteiger partial charge is 0.241 e. The fraction of sp³-hybridized carbons (Fsp3) is 1.00. The van der Waals surface area contributed by atoms with Crippen LogP contribution in [-0.4, -0.2) is 13.1 Å². The minimum atomic E-state index is 0.726. The van der Waals surface area contributed by atoms with Gasteiger partial charge in [0.25, 0.3) is 0 Å². The van der Waals surface area contributed by atoms with E-state index in [2.05, 4.69) is 33.0 Å². The van der Waals surface area contributed by atoms with E-state index in [1.54, 1.807) is 0 Å². The van der Waals surface area contributed by atoms with Crippen LogP contribution in [0.1, 0.15) is 27.7 Å². The molecule has 0 aliphatic carbocycles. The molecule has 55 valence electrons. The summed E-state index contributed by atoms with van der Waals surface area (Å²) in [4.78, 5) is 0. The average Bonchev–Trinajstić information content (AvgIpc) is 1.63. The summed E-state index contributed by atoms with van der Waals surface area (Å²) >= 11 is 0. The lowest BCUT2D eigenvalue weighted by atomic mass is 10.2. The highest BCUT2D eigenvalue weighted by molar-refractivity contribution is 4.52. The van der Waals surface area contributed by atoms with Gasteiger partial charge in [-0.15, -0.1) is 0 Å². The molecule has 0 unspecified atom stereocenters. The molecule has 0 saturated heterocycles. The van der Waals surface area contributed by atoms with Crippen LogP contribution in [0.15, 0.2) is 0 Å². The molecule has 1 radical (unpaired) electrons. The molecule has 0 aliphatic rings. The van der Waals surface area contributed by atoms with Crippen molar-refractivity contribution in [3.05, 3.63) is 0 Å². The molecular weight excluding hydrogens is 110 g/mol. The maximum absolute atomic E-state index is 4.37. The van der Waals surface area contributed by atoms with Gasteiger partial charge >= 0.3 is 0 Å². The summed E-state index contributed by atoms with van der Waals surface area (Å²) in [5.74, 6) is 1.45. The van der Waals surface area contributed by atoms with E-state index in [0.29, 0.717) is 0 Å². The smallest absolute Gasteiger partial charge is 0.0156 e. The molecule has 0 aromatic carbocycles. The maximum Gasteiger partial charge on any atom is 0.0156 e. The normalized spacial score (nSPS) is 11.3. The summed E-state index contributed by atoms with van der Waals surface area (Å²) in [5.41, 5.74) is 0. The molecule has 0 aliphatic heterocycles. The Kier molecular flexibility index (Phi) is 4.78. The molecule has 0 amide bonds. The highest BCUT2D eigenvalue weighted by Gasteiger charge is 1.95. The van der Waals surface area contributed by atoms with Crippen LogP contribution in [0.2, 0.25) is 0 Å². The molecule has 1 heteroatoms. The minimum absolute atomic E-state index is 0.726. The van der Waals surface area contributed by atoms with Crippen molar-refractivity contribution in [1.29, 1.82) is 0 Å². The average molecular weight is 128 g/mol. The summed E-state index contributed by atoms with van der Waals surface area (Å²) in [5, 5.41) is 4.37. The quantitative estimate of drug-likeness (QED) is 0.549. The lowest BCUT2D eigenvalue weighted by Gasteiger charge is -2.06. The Balaban J connectivity index is 2.91. The molecule has 0 saturated carbocycles. The van der Waals surface area contributed by atoms with Gasteiger partial charge in [-0.1, -0.05) is 27.7 Å². The third-order valence-corrected chi connectivity index (χ3v) is 0.988. The van der Waals surface area contributed by atoms with E-state index in [1.807, 2.05) is 0 Å². The number of hydrogen-bond acceptors (Lipinski definition) is 0. The van der Waals surface area contributed by atoms with E-state index in [1.165, 1.54) is 0 Å². The number of rotatable bonds is 4. The molecule has 0 rings (SSSR count). The van der Waals surface area contributed by atoms with Gasteiger partial charge in [0.15, 0.2) is 0 Å². The Morgan fingerprint density at radius 1 is 0.889 bits per heavy atom. The Hall–Kier alpha value is -0.0400. The zero-order valence-corrected chi connectivity index (χ0v) is 7.02. The van der Waals surface area contributed by atoms with E-state index in [-0.39, 0.29) is 0 Å². The van der Waals surface area contributed by atoms with Gasteiger partial charge < -0.3 is 0 Å². The number of hydrogen-bond donors (Lipinski definition) is 0. The van der Waals surface area contributed by atoms with Gasteiger partial charge in [0.05, 0.1) is 0 Å². The van der Waals surface area contributed by atoms with Crippen LogP contribution >= 0.6 is 0 Å². The van der Waals surface area contributed by atoms with Crippen LogP contribution < -0.4 is 5.32 Å². The predicted molar refractivity (Wildman–Crippen MR) is 41.5 cm³/mol. The Morgan fingerprint density at radius 2 is 1.22 bits per heavy atom. The predicted octanol–water partition coefficient (Wildman–Crippen LogP) is 1.90. The SMILES string of the molecule is CC(C)C[N]CC(C)C. The van der Waals surface area contributed by atoms with Crippen LogP contribution in [0.5, 0.6) is 0 Å². The Morgan fingerprint density at radius 3 is 1.44 bits per heavy atom. The summed E-state index contributed by atoms with van der Waals surface area (Å²) in [6, 6.07) is 0. The molecule has 0 spiro atoms.